The lowest BCUT2D eigenvalue weighted by atomic mass is 9.84. The van der Waals surface area contributed by atoms with Gasteiger partial charge in [-0.1, -0.05) is 44.5 Å². The van der Waals surface area contributed by atoms with E-state index in [0.717, 1.165) is 107 Å². The van der Waals surface area contributed by atoms with Gasteiger partial charge in [0.1, 0.15) is 0 Å². The quantitative estimate of drug-likeness (QED) is 0.368. The minimum Gasteiger partial charge on any atom is -0.381 e. The number of amides is 2. The molecule has 0 radical (unpaired) electrons. The first kappa shape index (κ1) is 32.5. The molecule has 0 spiro atoms. The first-order valence-electron chi connectivity index (χ1n) is 16.8. The number of morpholine rings is 1. The maximum atomic E-state index is 13.9. The van der Waals surface area contributed by atoms with Gasteiger partial charge in [0.05, 0.1) is 19.1 Å². The van der Waals surface area contributed by atoms with E-state index in [2.05, 4.69) is 71.5 Å². The number of anilines is 1. The number of carbonyl (C=O) groups is 2. The van der Waals surface area contributed by atoms with Crippen LogP contribution in [0.3, 0.4) is 0 Å². The largest absolute Gasteiger partial charge is 0.381 e. The molecule has 2 N–H and O–H groups in total. The maximum absolute atomic E-state index is 13.9. The highest BCUT2D eigenvalue weighted by Gasteiger charge is 2.33. The van der Waals surface area contributed by atoms with Gasteiger partial charge in [-0.25, -0.2) is 0 Å². The molecule has 3 aliphatic rings. The van der Waals surface area contributed by atoms with Crippen molar-refractivity contribution in [3.8, 4) is 11.1 Å². The highest BCUT2D eigenvalue weighted by Crippen LogP contribution is 2.34. The summed E-state index contributed by atoms with van der Waals surface area (Å²) in [5, 5.41) is 6.21. The van der Waals surface area contributed by atoms with Crippen molar-refractivity contribution in [2.24, 2.45) is 11.8 Å². The van der Waals surface area contributed by atoms with E-state index in [1.807, 2.05) is 13.0 Å². The predicted octanol–water partition coefficient (Wildman–Crippen LogP) is 5.17. The molecule has 2 amide bonds. The van der Waals surface area contributed by atoms with Crippen molar-refractivity contribution < 1.29 is 19.1 Å². The number of piperidine rings is 1. The molecular weight excluding hydrogens is 552 g/mol. The van der Waals surface area contributed by atoms with Crippen molar-refractivity contribution in [3.63, 3.8) is 0 Å². The Morgan fingerprint density at radius 1 is 1.02 bits per heavy atom. The topological polar surface area (TPSA) is 83.1 Å². The molecule has 5 rings (SSSR count). The van der Waals surface area contributed by atoms with Crippen LogP contribution in [0.1, 0.15) is 74.4 Å². The van der Waals surface area contributed by atoms with Crippen LogP contribution in [0.4, 0.5) is 5.69 Å². The van der Waals surface area contributed by atoms with Crippen LogP contribution in [-0.4, -0.2) is 81.4 Å². The number of nitrogens with one attached hydrogen (secondary N) is 2. The fraction of sp³-hybridized carbons (Fsp3) is 0.611. The number of rotatable bonds is 11. The Labute approximate surface area is 263 Å². The second-order valence-corrected chi connectivity index (χ2v) is 13.1. The van der Waals surface area contributed by atoms with Gasteiger partial charge in [0.25, 0.3) is 5.91 Å². The molecule has 3 fully saturated rings. The molecule has 3 aliphatic heterocycles. The van der Waals surface area contributed by atoms with Crippen molar-refractivity contribution in [1.29, 1.82) is 0 Å². The van der Waals surface area contributed by atoms with E-state index < -0.39 is 0 Å². The summed E-state index contributed by atoms with van der Waals surface area (Å²) in [5.41, 5.74) is 6.22. The third kappa shape index (κ3) is 8.01. The fourth-order valence-electron chi connectivity index (χ4n) is 7.03. The normalized spacial score (nSPS) is 23.3. The molecule has 3 saturated heterocycles. The number of hydrogen-bond acceptors (Lipinski definition) is 6. The smallest absolute Gasteiger partial charge is 0.251 e. The van der Waals surface area contributed by atoms with Gasteiger partial charge in [0.15, 0.2) is 0 Å². The molecule has 3 atom stereocenters. The first-order chi connectivity index (χ1) is 21.3. The van der Waals surface area contributed by atoms with Gasteiger partial charge < -0.3 is 25.0 Å². The summed E-state index contributed by atoms with van der Waals surface area (Å²) in [6, 6.07) is 13.7. The Morgan fingerprint density at radius 3 is 2.41 bits per heavy atom. The van der Waals surface area contributed by atoms with E-state index in [4.69, 9.17) is 9.47 Å². The minimum absolute atomic E-state index is 0.0325. The van der Waals surface area contributed by atoms with Crippen molar-refractivity contribution in [2.75, 3.05) is 57.5 Å². The number of nitrogens with zero attached hydrogens (tertiary/aromatic N) is 2. The molecule has 0 saturated carbocycles. The highest BCUT2D eigenvalue weighted by molar-refractivity contribution is 5.99. The standard InChI is InChI=1S/C36H52N4O4/c1-5-6-13-40(31-11-16-43-17-12-31)34-22-30(29-9-7-28(8-10-29)24-39-14-18-44-19-15-39)21-32(27(34)4)35(41)37-23-33-25(2)20-26(3)38-36(33)42/h7-10,21-22,25-26,31,33H,5-6,11-20,23-24H2,1-4H3,(H,37,41)(H,38,42). The van der Waals surface area contributed by atoms with Gasteiger partial charge in [-0.15, -0.1) is 0 Å². The summed E-state index contributed by atoms with van der Waals surface area (Å²) < 4.78 is 11.2. The number of hydrogen-bond donors (Lipinski definition) is 2. The predicted molar refractivity (Wildman–Crippen MR) is 176 cm³/mol. The van der Waals surface area contributed by atoms with Crippen LogP contribution in [0.25, 0.3) is 11.1 Å². The van der Waals surface area contributed by atoms with Gasteiger partial charge >= 0.3 is 0 Å². The minimum atomic E-state index is -0.222. The van der Waals surface area contributed by atoms with Crippen LogP contribution in [0, 0.1) is 18.8 Å². The molecule has 2 aromatic carbocycles. The number of unbranched alkanes of at least 4 members (excludes halogenated alkanes) is 1. The van der Waals surface area contributed by atoms with Crippen molar-refractivity contribution in [2.45, 2.75) is 78.4 Å². The van der Waals surface area contributed by atoms with Crippen LogP contribution in [-0.2, 0) is 20.8 Å². The lowest BCUT2D eigenvalue weighted by Gasteiger charge is -2.38. The molecule has 0 aliphatic carbocycles. The summed E-state index contributed by atoms with van der Waals surface area (Å²) in [5.74, 6) is -0.0859. The van der Waals surface area contributed by atoms with Crippen LogP contribution in [0.5, 0.6) is 0 Å². The second-order valence-electron chi connectivity index (χ2n) is 13.1. The number of ether oxygens (including phenoxy) is 2. The van der Waals surface area contributed by atoms with Gasteiger partial charge in [-0.3, -0.25) is 14.5 Å². The van der Waals surface area contributed by atoms with Gasteiger partial charge in [0.2, 0.25) is 5.91 Å². The van der Waals surface area contributed by atoms with Crippen LogP contribution in [0.2, 0.25) is 0 Å². The summed E-state index contributed by atoms with van der Waals surface area (Å²) in [6.07, 6.45) is 5.09. The Hall–Kier alpha value is -2.94. The zero-order valence-corrected chi connectivity index (χ0v) is 27.2. The fourth-order valence-corrected chi connectivity index (χ4v) is 7.03. The third-order valence-corrected chi connectivity index (χ3v) is 9.74. The van der Waals surface area contributed by atoms with Gasteiger partial charge in [-0.2, -0.15) is 0 Å². The second kappa shape index (κ2) is 15.4. The third-order valence-electron chi connectivity index (χ3n) is 9.74. The molecule has 44 heavy (non-hydrogen) atoms. The summed E-state index contributed by atoms with van der Waals surface area (Å²) in [7, 11) is 0. The van der Waals surface area contributed by atoms with E-state index in [9.17, 15) is 9.59 Å². The molecular formula is C36H52N4O4. The molecule has 3 heterocycles. The Kier molecular flexibility index (Phi) is 11.3. The SMILES string of the molecule is CCCCN(c1cc(-c2ccc(CN3CCOCC3)cc2)cc(C(=O)NCC2C(=O)NC(C)CC2C)c1C)C1CCOCC1. The molecule has 8 heteroatoms. The number of benzene rings is 2. The lowest BCUT2D eigenvalue weighted by molar-refractivity contribution is -0.129. The highest BCUT2D eigenvalue weighted by atomic mass is 16.5. The molecule has 240 valence electrons. The zero-order valence-electron chi connectivity index (χ0n) is 27.2. The lowest BCUT2D eigenvalue weighted by Crippen LogP contribution is -2.50. The summed E-state index contributed by atoms with van der Waals surface area (Å²) in [6.45, 7) is 15.7. The Morgan fingerprint density at radius 2 is 1.73 bits per heavy atom. The van der Waals surface area contributed by atoms with Crippen LogP contribution < -0.4 is 15.5 Å². The number of carbonyl (C=O) groups excluding carboxylic acids is 2. The zero-order chi connectivity index (χ0) is 31.1. The monoisotopic (exact) mass is 604 g/mol. The van der Waals surface area contributed by atoms with Crippen LogP contribution >= 0.6 is 0 Å². The molecule has 0 aromatic heterocycles. The summed E-state index contributed by atoms with van der Waals surface area (Å²) >= 11 is 0. The van der Waals surface area contributed by atoms with Gasteiger partial charge in [0, 0.05) is 69.3 Å². The van der Waals surface area contributed by atoms with E-state index in [1.54, 1.807) is 0 Å². The van der Waals surface area contributed by atoms with E-state index >= 15 is 0 Å². The average Bonchev–Trinajstić information content (AvgIpc) is 3.02. The van der Waals surface area contributed by atoms with Crippen molar-refractivity contribution >= 4 is 17.5 Å². The Bertz CT molecular complexity index is 1250. The summed E-state index contributed by atoms with van der Waals surface area (Å²) in [4.78, 5) is 31.6. The first-order valence-corrected chi connectivity index (χ1v) is 16.8. The molecule has 2 aromatic rings. The molecule has 8 nitrogen and oxygen atoms in total. The van der Waals surface area contributed by atoms with E-state index in [0.29, 0.717) is 18.2 Å². The molecule has 0 bridgehead atoms. The Balaban J connectivity index is 1.45. The van der Waals surface area contributed by atoms with Crippen molar-refractivity contribution in [1.82, 2.24) is 15.5 Å². The van der Waals surface area contributed by atoms with Crippen molar-refractivity contribution in [3.05, 3.63) is 53.1 Å². The van der Waals surface area contributed by atoms with Gasteiger partial charge in [-0.05, 0) is 79.8 Å². The van der Waals surface area contributed by atoms with E-state index in [1.165, 1.54) is 5.56 Å². The van der Waals surface area contributed by atoms with E-state index in [-0.39, 0.29) is 29.7 Å². The average molecular weight is 605 g/mol. The maximum Gasteiger partial charge on any atom is 0.251 e. The van der Waals surface area contributed by atoms with Crippen LogP contribution in [0.15, 0.2) is 36.4 Å². The molecule has 3 unspecified atom stereocenters.